The average Bonchev–Trinajstić information content (AvgIpc) is 2.39. The zero-order valence-corrected chi connectivity index (χ0v) is 8.02. The number of phenolic OH excluding ortho intramolecular Hbond substituents is 2. The normalized spacial score (nSPS) is 24.1. The van der Waals surface area contributed by atoms with Crippen LogP contribution in [0.15, 0.2) is 18.2 Å². The molecular weight excluding hydrogens is 210 g/mol. The van der Waals surface area contributed by atoms with E-state index in [1.807, 2.05) is 0 Å². The molecular formula is C11H15NO4. The lowest BCUT2D eigenvalue weighted by Crippen LogP contribution is -2.34. The number of benzene rings is 1. The van der Waals surface area contributed by atoms with Crippen molar-refractivity contribution in [2.45, 2.75) is 19.2 Å². The predicted molar refractivity (Wildman–Crippen MR) is 58.1 cm³/mol. The van der Waals surface area contributed by atoms with Crippen LogP contribution in [0.2, 0.25) is 0 Å². The third kappa shape index (κ3) is 3.13. The Kier molecular flexibility index (Phi) is 1.69. The molecule has 1 aromatic rings. The third-order valence-corrected chi connectivity index (χ3v) is 1.62. The number of aromatic hydroxyl groups is 2. The molecule has 0 radical (unpaired) electrons. The molecule has 0 aliphatic rings. The molecule has 5 nitrogen and oxygen atoms in total. The van der Waals surface area contributed by atoms with Crippen LogP contribution in [-0.2, 0) is 15.9 Å². The van der Waals surface area contributed by atoms with Crippen molar-refractivity contribution in [3.63, 3.8) is 0 Å². The SMILES string of the molecule is [2H]C([2H])([2H])C([2H])([2H])OC(=O)C([2H])(N)C([2H])([2H])c1ccc(O)c(O)c1. The van der Waals surface area contributed by atoms with Crippen molar-refractivity contribution in [1.82, 2.24) is 0 Å². The van der Waals surface area contributed by atoms with E-state index in [1.165, 1.54) is 0 Å². The summed E-state index contributed by atoms with van der Waals surface area (Å²) in [6.45, 7) is -6.86. The second-order valence-corrected chi connectivity index (χ2v) is 2.73. The van der Waals surface area contributed by atoms with Crippen molar-refractivity contribution in [3.05, 3.63) is 23.8 Å². The average molecular weight is 233 g/mol. The molecule has 0 aromatic heterocycles. The van der Waals surface area contributed by atoms with Gasteiger partial charge >= 0.3 is 5.97 Å². The minimum atomic E-state index is -3.48. The van der Waals surface area contributed by atoms with Gasteiger partial charge in [-0.25, -0.2) is 0 Å². The van der Waals surface area contributed by atoms with Crippen LogP contribution in [-0.4, -0.2) is 28.8 Å². The van der Waals surface area contributed by atoms with E-state index < -0.39 is 48.8 Å². The lowest BCUT2D eigenvalue weighted by molar-refractivity contribution is -0.144. The quantitative estimate of drug-likeness (QED) is 0.521. The highest BCUT2D eigenvalue weighted by Crippen LogP contribution is 2.25. The molecule has 0 aliphatic carbocycles. The van der Waals surface area contributed by atoms with Gasteiger partial charge in [0.2, 0.25) is 0 Å². The maximum atomic E-state index is 11.9. The van der Waals surface area contributed by atoms with Gasteiger partial charge in [-0.1, -0.05) is 6.07 Å². The van der Waals surface area contributed by atoms with E-state index in [1.54, 1.807) is 0 Å². The van der Waals surface area contributed by atoms with Gasteiger partial charge in [0.15, 0.2) is 11.5 Å². The van der Waals surface area contributed by atoms with E-state index in [-0.39, 0.29) is 0 Å². The lowest BCUT2D eigenvalue weighted by atomic mass is 10.1. The van der Waals surface area contributed by atoms with Crippen molar-refractivity contribution in [2.75, 3.05) is 6.56 Å². The number of nitrogens with two attached hydrogens (primary N) is 1. The Hall–Kier alpha value is -1.75. The topological polar surface area (TPSA) is 92.8 Å². The van der Waals surface area contributed by atoms with Crippen LogP contribution >= 0.6 is 0 Å². The Morgan fingerprint density at radius 2 is 2.44 bits per heavy atom. The minimum Gasteiger partial charge on any atom is -0.504 e. The first-order chi connectivity index (χ1) is 10.5. The fourth-order valence-corrected chi connectivity index (χ4v) is 0.909. The first-order valence-corrected chi connectivity index (χ1v) is 4.09. The van der Waals surface area contributed by atoms with Crippen LogP contribution in [0.3, 0.4) is 0 Å². The summed E-state index contributed by atoms with van der Waals surface area (Å²) in [7, 11) is 0. The number of phenols is 2. The van der Waals surface area contributed by atoms with Crippen LogP contribution in [0, 0.1) is 0 Å². The molecule has 0 saturated carbocycles. The number of esters is 1. The van der Waals surface area contributed by atoms with E-state index in [4.69, 9.17) is 16.7 Å². The van der Waals surface area contributed by atoms with Gasteiger partial charge in [-0.15, -0.1) is 0 Å². The van der Waals surface area contributed by atoms with E-state index in [0.29, 0.717) is 0 Å². The Balaban J connectivity index is 3.21. The molecule has 0 amide bonds. The molecule has 0 bridgehead atoms. The molecule has 1 atom stereocenters. The van der Waals surface area contributed by atoms with Gasteiger partial charge in [0.1, 0.15) is 6.02 Å². The van der Waals surface area contributed by atoms with Crippen molar-refractivity contribution in [1.29, 1.82) is 0 Å². The maximum Gasteiger partial charge on any atom is 0.323 e. The highest BCUT2D eigenvalue weighted by atomic mass is 16.5. The summed E-state index contributed by atoms with van der Waals surface area (Å²) in [5, 5.41) is 18.6. The fourth-order valence-electron chi connectivity index (χ4n) is 0.909. The summed E-state index contributed by atoms with van der Waals surface area (Å²) in [4.78, 5) is 11.9. The monoisotopic (exact) mass is 233 g/mol. The smallest absolute Gasteiger partial charge is 0.323 e. The second-order valence-electron chi connectivity index (χ2n) is 2.73. The molecule has 88 valence electrons. The number of hydrogen-bond acceptors (Lipinski definition) is 5. The second kappa shape index (κ2) is 5.37. The van der Waals surface area contributed by atoms with E-state index >= 15 is 0 Å². The van der Waals surface area contributed by atoms with Gasteiger partial charge in [0.25, 0.3) is 0 Å². The molecule has 1 rings (SSSR count). The van der Waals surface area contributed by atoms with Crippen molar-refractivity contribution >= 4 is 5.97 Å². The van der Waals surface area contributed by atoms with Gasteiger partial charge < -0.3 is 20.7 Å². The number of carbonyl (C=O) groups excluding carboxylic acids is 1. The molecule has 0 fully saturated rings. The standard InChI is InChI=1S/C11H15NO4/c1-2-16-11(15)8(12)5-7-3-4-9(13)10(14)6-7/h3-4,6,8,13-14H,2,5,12H2,1H3/i1D3,2D2,5D2,8D. The molecule has 0 saturated heterocycles. The van der Waals surface area contributed by atoms with Gasteiger partial charge in [-0.05, 0) is 30.9 Å². The predicted octanol–water partition coefficient (Wildman–Crippen LogP) is 0.531. The van der Waals surface area contributed by atoms with Gasteiger partial charge in [0, 0.05) is 6.85 Å². The van der Waals surface area contributed by atoms with Gasteiger partial charge in [-0.2, -0.15) is 0 Å². The molecule has 1 unspecified atom stereocenters. The van der Waals surface area contributed by atoms with Gasteiger partial charge in [-0.3, -0.25) is 4.79 Å². The van der Waals surface area contributed by atoms with Crippen LogP contribution in [0.4, 0.5) is 0 Å². The summed E-state index contributed by atoms with van der Waals surface area (Å²) in [5.74, 6) is -3.27. The Labute approximate surface area is 105 Å². The first-order valence-electron chi connectivity index (χ1n) is 8.09. The molecule has 0 aliphatic heterocycles. The molecule has 1 aromatic carbocycles. The van der Waals surface area contributed by atoms with Crippen LogP contribution in [0.5, 0.6) is 11.5 Å². The number of hydrogen-bond donors (Lipinski definition) is 3. The highest BCUT2D eigenvalue weighted by molar-refractivity contribution is 5.75. The maximum absolute atomic E-state index is 11.9. The lowest BCUT2D eigenvalue weighted by Gasteiger charge is -2.10. The summed E-state index contributed by atoms with van der Waals surface area (Å²) < 4.78 is 62.6. The van der Waals surface area contributed by atoms with Crippen molar-refractivity contribution in [3.8, 4) is 11.5 Å². The number of ether oxygens (including phenoxy) is 1. The summed E-state index contributed by atoms with van der Waals surface area (Å²) >= 11 is 0. The molecule has 16 heavy (non-hydrogen) atoms. The number of rotatable bonds is 4. The van der Waals surface area contributed by atoms with E-state index in [2.05, 4.69) is 4.74 Å². The van der Waals surface area contributed by atoms with E-state index in [0.717, 1.165) is 18.2 Å². The zero-order valence-electron chi connectivity index (χ0n) is 16.0. The third-order valence-electron chi connectivity index (χ3n) is 1.62. The van der Waals surface area contributed by atoms with Crippen LogP contribution in [0.25, 0.3) is 0 Å². The number of carbonyl (C=O) groups is 1. The van der Waals surface area contributed by atoms with E-state index in [9.17, 15) is 15.0 Å². The van der Waals surface area contributed by atoms with Gasteiger partial charge in [0.05, 0.1) is 10.7 Å². The minimum absolute atomic E-state index is 0.485. The Morgan fingerprint density at radius 3 is 3.06 bits per heavy atom. The fraction of sp³-hybridized carbons (Fsp3) is 0.364. The molecule has 0 spiro atoms. The van der Waals surface area contributed by atoms with Crippen molar-refractivity contribution < 1.29 is 30.7 Å². The Morgan fingerprint density at radius 1 is 1.69 bits per heavy atom. The zero-order chi connectivity index (χ0) is 19.1. The first kappa shape index (κ1) is 5.05. The molecule has 5 heteroatoms. The van der Waals surface area contributed by atoms with Crippen LogP contribution < -0.4 is 5.73 Å². The molecule has 0 heterocycles. The highest BCUT2D eigenvalue weighted by Gasteiger charge is 2.15. The van der Waals surface area contributed by atoms with Crippen molar-refractivity contribution in [2.24, 2.45) is 5.73 Å². The Bertz CT molecular complexity index is 643. The summed E-state index contributed by atoms with van der Waals surface area (Å²) in [6.07, 6.45) is -3.01. The largest absolute Gasteiger partial charge is 0.504 e. The summed E-state index contributed by atoms with van der Waals surface area (Å²) in [6, 6.07) is -0.686. The molecule has 4 N–H and O–H groups in total. The van der Waals surface area contributed by atoms with Crippen LogP contribution in [0.1, 0.15) is 23.4 Å². The summed E-state index contributed by atoms with van der Waals surface area (Å²) in [5.41, 5.74) is 4.85.